The number of benzene rings is 1. The largest absolute Gasteiger partial charge is 0.503 e. The van der Waals surface area contributed by atoms with Crippen LogP contribution in [0.1, 0.15) is 39.3 Å². The summed E-state index contributed by atoms with van der Waals surface area (Å²) in [4.78, 5) is 39.0. The lowest BCUT2D eigenvalue weighted by Crippen LogP contribution is -2.57. The summed E-state index contributed by atoms with van der Waals surface area (Å²) in [6.45, 7) is -0.722. The van der Waals surface area contributed by atoms with Gasteiger partial charge in [-0.1, -0.05) is 0 Å². The minimum absolute atomic E-state index is 0.00629. The fourth-order valence-corrected chi connectivity index (χ4v) is 5.13. The van der Waals surface area contributed by atoms with Crippen molar-refractivity contribution in [1.82, 2.24) is 14.8 Å². The molecule has 1 aromatic heterocycles. The van der Waals surface area contributed by atoms with E-state index < -0.39 is 87.7 Å². The van der Waals surface area contributed by atoms with Crippen LogP contribution in [-0.4, -0.2) is 44.4 Å². The van der Waals surface area contributed by atoms with Crippen LogP contribution < -0.4 is 10.7 Å². The molecule has 3 atom stereocenters. The van der Waals surface area contributed by atoms with Gasteiger partial charge in [0.1, 0.15) is 23.0 Å². The van der Waals surface area contributed by atoms with E-state index in [2.05, 4.69) is 5.32 Å². The summed E-state index contributed by atoms with van der Waals surface area (Å²) in [7, 11) is 0. The first-order valence-corrected chi connectivity index (χ1v) is 10.1. The Kier molecular flexibility index (Phi) is 4.56. The monoisotopic (exact) mass is 469 g/mol. The number of alkyl halides is 2. The second kappa shape index (κ2) is 7.03. The Morgan fingerprint density at radius 2 is 1.85 bits per heavy atom. The molecule has 1 aromatic carbocycles. The first kappa shape index (κ1) is 21.4. The van der Waals surface area contributed by atoms with Crippen LogP contribution in [0.15, 0.2) is 23.1 Å². The van der Waals surface area contributed by atoms with E-state index in [9.17, 15) is 41.4 Å². The molecule has 0 unspecified atom stereocenters. The third kappa shape index (κ3) is 3.10. The molecular weight excluding hydrogens is 453 g/mol. The van der Waals surface area contributed by atoms with E-state index in [0.29, 0.717) is 12.1 Å². The van der Waals surface area contributed by atoms with Crippen LogP contribution in [0.25, 0.3) is 0 Å². The van der Waals surface area contributed by atoms with Crippen molar-refractivity contribution >= 4 is 11.8 Å². The van der Waals surface area contributed by atoms with Crippen molar-refractivity contribution in [2.45, 2.75) is 43.9 Å². The van der Waals surface area contributed by atoms with Crippen LogP contribution in [0.2, 0.25) is 0 Å². The Balaban J connectivity index is 1.45. The third-order valence-corrected chi connectivity index (χ3v) is 6.64. The van der Waals surface area contributed by atoms with Gasteiger partial charge in [-0.15, -0.1) is 0 Å². The van der Waals surface area contributed by atoms with Crippen molar-refractivity contribution in [2.24, 2.45) is 5.92 Å². The van der Waals surface area contributed by atoms with Crippen LogP contribution in [0, 0.1) is 23.4 Å². The lowest BCUT2D eigenvalue weighted by molar-refractivity contribution is -0.0870. The average molecular weight is 469 g/mol. The van der Waals surface area contributed by atoms with Gasteiger partial charge < -0.3 is 19.9 Å². The predicted octanol–water partition coefficient (Wildman–Crippen LogP) is 2.15. The number of nitrogens with one attached hydrogen (secondary N) is 1. The molecule has 12 heteroatoms. The molecule has 0 spiro atoms. The molecule has 1 saturated heterocycles. The van der Waals surface area contributed by atoms with Crippen LogP contribution in [-0.2, 0) is 13.1 Å². The molecule has 2 aliphatic heterocycles. The van der Waals surface area contributed by atoms with E-state index in [0.717, 1.165) is 11.1 Å². The number of hydrogen-bond acceptors (Lipinski definition) is 4. The number of nitrogens with zero attached hydrogens (tertiary/aromatic N) is 2. The molecule has 7 nitrogen and oxygen atoms in total. The van der Waals surface area contributed by atoms with Gasteiger partial charge >= 0.3 is 0 Å². The Labute approximate surface area is 182 Å². The van der Waals surface area contributed by atoms with E-state index in [1.165, 1.54) is 4.57 Å². The van der Waals surface area contributed by atoms with E-state index in [-0.39, 0.29) is 19.4 Å². The van der Waals surface area contributed by atoms with Gasteiger partial charge in [0, 0.05) is 43.4 Å². The molecule has 2 aromatic rings. The first-order valence-electron chi connectivity index (χ1n) is 10.1. The number of carbonyl (C=O) groups is 2. The first-order chi connectivity index (χ1) is 15.5. The highest BCUT2D eigenvalue weighted by Crippen LogP contribution is 2.53. The van der Waals surface area contributed by atoms with Gasteiger partial charge in [-0.2, -0.15) is 0 Å². The van der Waals surface area contributed by atoms with E-state index in [1.807, 2.05) is 0 Å². The van der Waals surface area contributed by atoms with Crippen LogP contribution >= 0.6 is 0 Å². The van der Waals surface area contributed by atoms with Gasteiger partial charge in [0.2, 0.25) is 5.43 Å². The quantitative estimate of drug-likeness (QED) is 0.675. The van der Waals surface area contributed by atoms with Gasteiger partial charge in [-0.25, -0.2) is 22.0 Å². The smallest absolute Gasteiger partial charge is 0.275 e. The summed E-state index contributed by atoms with van der Waals surface area (Å²) in [6, 6.07) is -1.03. The van der Waals surface area contributed by atoms with Crippen molar-refractivity contribution in [2.75, 3.05) is 0 Å². The summed E-state index contributed by atoms with van der Waals surface area (Å²) >= 11 is 0. The molecule has 1 aliphatic carbocycles. The maximum absolute atomic E-state index is 14.2. The van der Waals surface area contributed by atoms with Crippen molar-refractivity contribution in [3.05, 3.63) is 62.8 Å². The number of aromatic nitrogens is 1. The number of fused-ring (bicyclic) bond motifs is 6. The van der Waals surface area contributed by atoms with E-state index in [1.54, 1.807) is 0 Å². The molecule has 33 heavy (non-hydrogen) atoms. The number of aromatic hydroxyl groups is 1. The number of halogens is 5. The second-order valence-electron chi connectivity index (χ2n) is 8.51. The predicted molar refractivity (Wildman–Crippen MR) is 101 cm³/mol. The molecule has 5 rings (SSSR count). The fourth-order valence-electron chi connectivity index (χ4n) is 5.13. The normalized spacial score (nSPS) is 24.6. The summed E-state index contributed by atoms with van der Waals surface area (Å²) < 4.78 is 70.1. The number of hydrogen-bond donors (Lipinski definition) is 2. The highest BCUT2D eigenvalue weighted by molar-refractivity contribution is 5.99. The minimum atomic E-state index is -3.06. The Bertz CT molecular complexity index is 1250. The highest BCUT2D eigenvalue weighted by Gasteiger charge is 2.63. The zero-order valence-electron chi connectivity index (χ0n) is 16.7. The Morgan fingerprint density at radius 1 is 1.18 bits per heavy atom. The molecule has 0 radical (unpaired) electrons. The number of carbonyl (C=O) groups excluding carboxylic acids is 2. The van der Waals surface area contributed by atoms with Crippen LogP contribution in [0.5, 0.6) is 5.75 Å². The van der Waals surface area contributed by atoms with Crippen LogP contribution in [0.3, 0.4) is 0 Å². The van der Waals surface area contributed by atoms with Crippen molar-refractivity contribution in [3.8, 4) is 5.75 Å². The number of rotatable bonds is 3. The van der Waals surface area contributed by atoms with Crippen molar-refractivity contribution in [1.29, 1.82) is 0 Å². The summed E-state index contributed by atoms with van der Waals surface area (Å²) in [6.07, 6.45) is 0.740. The van der Waals surface area contributed by atoms with Gasteiger partial charge in [0.15, 0.2) is 11.4 Å². The van der Waals surface area contributed by atoms with Gasteiger partial charge in [-0.05, 0) is 12.3 Å². The zero-order valence-corrected chi connectivity index (χ0v) is 16.7. The molecular formula is C21H16F5N3O4. The number of pyridine rings is 1. The lowest BCUT2D eigenvalue weighted by Gasteiger charge is -2.43. The summed E-state index contributed by atoms with van der Waals surface area (Å²) in [5.41, 5.74) is -2.97. The van der Waals surface area contributed by atoms with Gasteiger partial charge in [-0.3, -0.25) is 14.4 Å². The Morgan fingerprint density at radius 3 is 2.52 bits per heavy atom. The highest BCUT2D eigenvalue weighted by atomic mass is 19.3. The maximum Gasteiger partial charge on any atom is 0.275 e. The van der Waals surface area contributed by atoms with Gasteiger partial charge in [0.05, 0.1) is 12.1 Å². The summed E-state index contributed by atoms with van der Waals surface area (Å²) in [5, 5.41) is 12.5. The molecule has 3 aliphatic rings. The SMILES string of the molecule is O=C(NCc1c(F)cc(F)cc1F)c1cn2c(c(O)c1=O)C(=O)N1[C@@H](C2)[C@H]2C[C@@H]1C(F)(F)C2. The fraction of sp³-hybridized carbons (Fsp3) is 0.381. The second-order valence-corrected chi connectivity index (χ2v) is 8.51. The van der Waals surface area contributed by atoms with Gasteiger partial charge in [0.25, 0.3) is 17.7 Å². The topological polar surface area (TPSA) is 91.6 Å². The zero-order chi connectivity index (χ0) is 23.8. The average Bonchev–Trinajstić information content (AvgIpc) is 3.23. The standard InChI is InChI=1S/C21H16F5N3O4/c22-9-2-12(23)10(13(24)3-9)5-27-19(32)11-6-28-7-14-8-1-15(21(25,26)4-8)29(14)20(33)16(28)18(31)17(11)30/h2-3,6,8,14-15,31H,1,4-5,7H2,(H,27,32)/t8-,14-,15+/m0/s1. The molecule has 3 heterocycles. The summed E-state index contributed by atoms with van der Waals surface area (Å²) in [5.74, 6) is -10.2. The molecule has 2 bridgehead atoms. The third-order valence-electron chi connectivity index (χ3n) is 6.64. The number of amides is 2. The molecule has 1 saturated carbocycles. The van der Waals surface area contributed by atoms with Crippen molar-refractivity contribution < 1.29 is 36.6 Å². The maximum atomic E-state index is 14.2. The number of piperidine rings is 1. The van der Waals surface area contributed by atoms with Crippen LogP contribution in [0.4, 0.5) is 22.0 Å². The minimum Gasteiger partial charge on any atom is -0.503 e. The molecule has 2 fully saturated rings. The lowest BCUT2D eigenvalue weighted by atomic mass is 9.94. The molecule has 2 N–H and O–H groups in total. The van der Waals surface area contributed by atoms with E-state index in [4.69, 9.17) is 0 Å². The Hall–Kier alpha value is -3.44. The van der Waals surface area contributed by atoms with E-state index >= 15 is 0 Å². The molecule has 174 valence electrons. The van der Waals surface area contributed by atoms with Crippen molar-refractivity contribution in [3.63, 3.8) is 0 Å². The molecule has 2 amide bonds.